The summed E-state index contributed by atoms with van der Waals surface area (Å²) in [6.45, 7) is 0. The highest BCUT2D eigenvalue weighted by Gasteiger charge is 2.22. The van der Waals surface area contributed by atoms with Gasteiger partial charge in [0.2, 0.25) is 0 Å². The highest BCUT2D eigenvalue weighted by Crippen LogP contribution is 2.14. The first-order valence-electron chi connectivity index (χ1n) is 3.68. The Bertz CT molecular complexity index is 272. The predicted octanol–water partition coefficient (Wildman–Crippen LogP) is -0.721. The standard InChI is InChI=1S/C7H10N2O4/c10-4(3-5(11)12)6(13)7-8-1-2-9-7/h1-2,4,6,10,13H,3H2,(H,8,9)(H,11,12). The molecule has 2 unspecified atom stereocenters. The Balaban J connectivity index is 2.57. The summed E-state index contributed by atoms with van der Waals surface area (Å²) in [6, 6.07) is 0. The lowest BCUT2D eigenvalue weighted by Crippen LogP contribution is -2.22. The molecule has 72 valence electrons. The maximum atomic E-state index is 10.2. The molecule has 0 radical (unpaired) electrons. The highest BCUT2D eigenvalue weighted by atomic mass is 16.4. The van der Waals surface area contributed by atoms with Gasteiger partial charge < -0.3 is 20.3 Å². The minimum atomic E-state index is -1.34. The van der Waals surface area contributed by atoms with Crippen molar-refractivity contribution in [3.8, 4) is 0 Å². The number of nitrogens with zero attached hydrogens (tertiary/aromatic N) is 1. The van der Waals surface area contributed by atoms with Gasteiger partial charge in [0, 0.05) is 12.4 Å². The number of carboxylic acid groups (broad SMARTS) is 1. The van der Waals surface area contributed by atoms with Gasteiger partial charge in [0.25, 0.3) is 0 Å². The molecule has 1 rings (SSSR count). The summed E-state index contributed by atoms with van der Waals surface area (Å²) in [7, 11) is 0. The predicted molar refractivity (Wildman–Crippen MR) is 41.8 cm³/mol. The molecule has 0 aromatic carbocycles. The molecule has 13 heavy (non-hydrogen) atoms. The van der Waals surface area contributed by atoms with E-state index < -0.39 is 24.6 Å². The second kappa shape index (κ2) is 4.01. The molecule has 6 heteroatoms. The van der Waals surface area contributed by atoms with Gasteiger partial charge in [0.1, 0.15) is 11.9 Å². The number of hydrogen-bond acceptors (Lipinski definition) is 4. The zero-order chi connectivity index (χ0) is 9.84. The zero-order valence-corrected chi connectivity index (χ0v) is 6.71. The topological polar surface area (TPSA) is 106 Å². The molecule has 0 saturated carbocycles. The minimum absolute atomic E-state index is 0.161. The van der Waals surface area contributed by atoms with Crippen LogP contribution in [-0.2, 0) is 4.79 Å². The number of aromatic amines is 1. The van der Waals surface area contributed by atoms with Crippen LogP contribution in [0.2, 0.25) is 0 Å². The zero-order valence-electron chi connectivity index (χ0n) is 6.71. The first-order chi connectivity index (χ1) is 6.11. The second-order valence-corrected chi connectivity index (χ2v) is 2.58. The van der Waals surface area contributed by atoms with E-state index in [1.807, 2.05) is 0 Å². The number of nitrogens with one attached hydrogen (secondary N) is 1. The second-order valence-electron chi connectivity index (χ2n) is 2.58. The van der Waals surface area contributed by atoms with E-state index in [4.69, 9.17) is 10.2 Å². The lowest BCUT2D eigenvalue weighted by molar-refractivity contribution is -0.141. The van der Waals surface area contributed by atoms with Gasteiger partial charge >= 0.3 is 5.97 Å². The number of H-pyrrole nitrogens is 1. The van der Waals surface area contributed by atoms with Crippen molar-refractivity contribution in [2.24, 2.45) is 0 Å². The van der Waals surface area contributed by atoms with E-state index >= 15 is 0 Å². The van der Waals surface area contributed by atoms with Crippen molar-refractivity contribution in [1.29, 1.82) is 0 Å². The van der Waals surface area contributed by atoms with E-state index in [-0.39, 0.29) is 5.82 Å². The number of carbonyl (C=O) groups is 1. The van der Waals surface area contributed by atoms with Gasteiger partial charge in [-0.2, -0.15) is 0 Å². The van der Waals surface area contributed by atoms with E-state index in [9.17, 15) is 9.90 Å². The Labute approximate surface area is 73.9 Å². The molecular weight excluding hydrogens is 176 g/mol. The van der Waals surface area contributed by atoms with Crippen molar-refractivity contribution in [2.75, 3.05) is 0 Å². The van der Waals surface area contributed by atoms with Crippen molar-refractivity contribution in [3.63, 3.8) is 0 Å². The Kier molecular flexibility index (Phi) is 2.99. The largest absolute Gasteiger partial charge is 0.481 e. The Morgan fingerprint density at radius 3 is 2.77 bits per heavy atom. The molecule has 0 bridgehead atoms. The molecule has 0 aliphatic rings. The van der Waals surface area contributed by atoms with E-state index in [1.165, 1.54) is 12.4 Å². The monoisotopic (exact) mass is 186 g/mol. The molecule has 0 aliphatic carbocycles. The summed E-state index contributed by atoms with van der Waals surface area (Å²) in [5, 5.41) is 26.8. The summed E-state index contributed by atoms with van der Waals surface area (Å²) in [5.74, 6) is -1.01. The fourth-order valence-electron chi connectivity index (χ4n) is 0.912. The highest BCUT2D eigenvalue weighted by molar-refractivity contribution is 5.67. The van der Waals surface area contributed by atoms with Crippen LogP contribution in [0.4, 0.5) is 0 Å². The third kappa shape index (κ3) is 2.53. The number of aliphatic hydroxyl groups is 2. The summed E-state index contributed by atoms with van der Waals surface area (Å²) in [4.78, 5) is 16.4. The number of carboxylic acids is 1. The molecule has 0 spiro atoms. The van der Waals surface area contributed by atoms with Crippen LogP contribution < -0.4 is 0 Å². The lowest BCUT2D eigenvalue weighted by Gasteiger charge is -2.13. The lowest BCUT2D eigenvalue weighted by atomic mass is 10.1. The minimum Gasteiger partial charge on any atom is -0.481 e. The van der Waals surface area contributed by atoms with Gasteiger partial charge in [-0.1, -0.05) is 0 Å². The van der Waals surface area contributed by atoms with Crippen LogP contribution in [0.25, 0.3) is 0 Å². The quantitative estimate of drug-likeness (QED) is 0.496. The third-order valence-electron chi connectivity index (χ3n) is 1.55. The maximum absolute atomic E-state index is 10.2. The van der Waals surface area contributed by atoms with Gasteiger partial charge in [0.15, 0.2) is 0 Å². The molecule has 1 aromatic heterocycles. The number of aliphatic carboxylic acids is 1. The molecule has 1 aromatic rings. The van der Waals surface area contributed by atoms with Crippen LogP contribution in [0.3, 0.4) is 0 Å². The van der Waals surface area contributed by atoms with E-state index in [0.29, 0.717) is 0 Å². The number of rotatable bonds is 4. The molecule has 0 saturated heterocycles. The fraction of sp³-hybridized carbons (Fsp3) is 0.429. The fourth-order valence-corrected chi connectivity index (χ4v) is 0.912. The summed E-state index contributed by atoms with van der Waals surface area (Å²) < 4.78 is 0. The Morgan fingerprint density at radius 1 is 1.62 bits per heavy atom. The van der Waals surface area contributed by atoms with E-state index in [1.54, 1.807) is 0 Å². The van der Waals surface area contributed by atoms with Crippen molar-refractivity contribution in [1.82, 2.24) is 9.97 Å². The number of hydrogen-bond donors (Lipinski definition) is 4. The molecule has 6 nitrogen and oxygen atoms in total. The molecule has 0 aliphatic heterocycles. The van der Waals surface area contributed by atoms with Crippen molar-refractivity contribution in [2.45, 2.75) is 18.6 Å². The van der Waals surface area contributed by atoms with Crippen LogP contribution in [0, 0.1) is 0 Å². The summed E-state index contributed by atoms with van der Waals surface area (Å²) >= 11 is 0. The average molecular weight is 186 g/mol. The van der Waals surface area contributed by atoms with Crippen molar-refractivity contribution < 1.29 is 20.1 Å². The van der Waals surface area contributed by atoms with Crippen LogP contribution >= 0.6 is 0 Å². The number of aliphatic hydroxyl groups excluding tert-OH is 2. The van der Waals surface area contributed by atoms with Gasteiger partial charge in [-0.3, -0.25) is 4.79 Å². The molecule has 1 heterocycles. The summed E-state index contributed by atoms with van der Waals surface area (Å²) in [5.41, 5.74) is 0. The molecule has 0 fully saturated rings. The normalized spacial score (nSPS) is 15.2. The summed E-state index contributed by atoms with van der Waals surface area (Å²) in [6.07, 6.45) is -0.255. The maximum Gasteiger partial charge on any atom is 0.306 e. The third-order valence-corrected chi connectivity index (χ3v) is 1.55. The van der Waals surface area contributed by atoms with E-state index in [2.05, 4.69) is 9.97 Å². The van der Waals surface area contributed by atoms with Crippen molar-refractivity contribution in [3.05, 3.63) is 18.2 Å². The SMILES string of the molecule is O=C(O)CC(O)C(O)c1ncc[nH]1. The Morgan fingerprint density at radius 2 is 2.31 bits per heavy atom. The van der Waals surface area contributed by atoms with Gasteiger partial charge in [0.05, 0.1) is 12.5 Å². The van der Waals surface area contributed by atoms with Crippen LogP contribution in [0.5, 0.6) is 0 Å². The molecule has 4 N–H and O–H groups in total. The molecule has 0 amide bonds. The average Bonchev–Trinajstić information content (AvgIpc) is 2.53. The van der Waals surface area contributed by atoms with Crippen LogP contribution in [-0.4, -0.2) is 37.4 Å². The van der Waals surface area contributed by atoms with E-state index in [0.717, 1.165) is 0 Å². The van der Waals surface area contributed by atoms with Gasteiger partial charge in [-0.25, -0.2) is 4.98 Å². The van der Waals surface area contributed by atoms with Gasteiger partial charge in [-0.15, -0.1) is 0 Å². The first kappa shape index (κ1) is 9.69. The number of aromatic nitrogens is 2. The van der Waals surface area contributed by atoms with Crippen LogP contribution in [0.1, 0.15) is 18.3 Å². The first-order valence-corrected chi connectivity index (χ1v) is 3.68. The molecular formula is C7H10N2O4. The van der Waals surface area contributed by atoms with Gasteiger partial charge in [-0.05, 0) is 0 Å². The smallest absolute Gasteiger partial charge is 0.306 e. The molecule has 2 atom stereocenters. The van der Waals surface area contributed by atoms with Crippen molar-refractivity contribution >= 4 is 5.97 Å². The van der Waals surface area contributed by atoms with Crippen LogP contribution in [0.15, 0.2) is 12.4 Å². The Hall–Kier alpha value is -1.40. The number of imidazole rings is 1.